The van der Waals surface area contributed by atoms with Gasteiger partial charge in [0, 0.05) is 41.6 Å². The van der Waals surface area contributed by atoms with E-state index in [9.17, 15) is 4.79 Å². The highest BCUT2D eigenvalue weighted by molar-refractivity contribution is 6.06. The van der Waals surface area contributed by atoms with Crippen LogP contribution in [0.5, 0.6) is 0 Å². The van der Waals surface area contributed by atoms with Crippen LogP contribution in [0.1, 0.15) is 0 Å². The van der Waals surface area contributed by atoms with Crippen LogP contribution in [-0.2, 0) is 14.1 Å². The molecule has 7 heteroatoms. The molecule has 0 atom stereocenters. The summed E-state index contributed by atoms with van der Waals surface area (Å²) in [7, 11) is 3.60. The third kappa shape index (κ3) is 4.91. The zero-order chi connectivity index (χ0) is 33.1. The first-order valence-corrected chi connectivity index (χ1v) is 16.1. The number of hydrogen-bond donors (Lipinski definition) is 0. The van der Waals surface area contributed by atoms with E-state index in [-0.39, 0.29) is 5.69 Å². The molecular weight excluding hydrogens is 606 g/mol. The fourth-order valence-corrected chi connectivity index (χ4v) is 6.62. The van der Waals surface area contributed by atoms with E-state index in [2.05, 4.69) is 48.5 Å². The molecule has 0 spiro atoms. The van der Waals surface area contributed by atoms with E-state index in [1.165, 1.54) is 0 Å². The Kier molecular flexibility index (Phi) is 6.59. The minimum atomic E-state index is -0.0494. The van der Waals surface area contributed by atoms with Gasteiger partial charge in [-0.05, 0) is 64.7 Å². The lowest BCUT2D eigenvalue weighted by Gasteiger charge is -2.11. The molecule has 0 fully saturated rings. The van der Waals surface area contributed by atoms with Crippen LogP contribution in [0, 0.1) is 0 Å². The van der Waals surface area contributed by atoms with Gasteiger partial charge < -0.3 is 4.42 Å². The molecule has 3 heterocycles. The maximum absolute atomic E-state index is 12.6. The molecule has 0 aliphatic heterocycles. The number of aryl methyl sites for hydroxylation is 2. The monoisotopic (exact) mass is 635 g/mol. The molecule has 7 nitrogen and oxygen atoms in total. The van der Waals surface area contributed by atoms with Crippen molar-refractivity contribution in [1.29, 1.82) is 0 Å². The molecule has 49 heavy (non-hydrogen) atoms. The van der Waals surface area contributed by atoms with Crippen LogP contribution < -0.4 is 5.69 Å². The van der Waals surface area contributed by atoms with Crippen LogP contribution in [0.4, 0.5) is 0 Å². The topological polar surface area (TPSA) is 78.7 Å². The van der Waals surface area contributed by atoms with Crippen LogP contribution in [-0.4, -0.2) is 24.1 Å². The molecule has 0 radical (unpaired) electrons. The van der Waals surface area contributed by atoms with Gasteiger partial charge in [0.2, 0.25) is 0 Å². The standard InChI is InChI=1S/C42H29N5O2/c1-46-35-20-18-30(25-36(35)47(2)42(46)48)28-13-9-15-32(23-28)41-44-39(26-10-4-3-5-11-26)43-40(45-41)31-14-8-12-27(22-31)29-19-21-38-34(24-29)33-16-6-7-17-37(33)49-38/h3-25H,1-2H3. The summed E-state index contributed by atoms with van der Waals surface area (Å²) in [4.78, 5) is 27.6. The van der Waals surface area contributed by atoms with Crippen molar-refractivity contribution in [2.75, 3.05) is 0 Å². The third-order valence-corrected chi connectivity index (χ3v) is 9.22. The van der Waals surface area contributed by atoms with Crippen LogP contribution >= 0.6 is 0 Å². The Bertz CT molecular complexity index is 2770. The van der Waals surface area contributed by atoms with Gasteiger partial charge >= 0.3 is 5.69 Å². The van der Waals surface area contributed by atoms with Crippen LogP contribution in [0.2, 0.25) is 0 Å². The highest BCUT2D eigenvalue weighted by atomic mass is 16.3. The molecule has 3 aromatic heterocycles. The van der Waals surface area contributed by atoms with E-state index >= 15 is 0 Å². The average Bonchev–Trinajstić information content (AvgIpc) is 3.64. The van der Waals surface area contributed by atoms with Crippen molar-refractivity contribution in [1.82, 2.24) is 24.1 Å². The second kappa shape index (κ2) is 11.3. The predicted octanol–water partition coefficient (Wildman–Crippen LogP) is 9.30. The molecule has 0 N–H and O–H groups in total. The number of aromatic nitrogens is 5. The third-order valence-electron chi connectivity index (χ3n) is 9.22. The van der Waals surface area contributed by atoms with Crippen molar-refractivity contribution >= 4 is 33.0 Å². The van der Waals surface area contributed by atoms with E-state index in [1.807, 2.05) is 91.0 Å². The molecule has 234 valence electrons. The van der Waals surface area contributed by atoms with Crippen molar-refractivity contribution in [3.05, 3.63) is 150 Å². The smallest absolute Gasteiger partial charge is 0.328 e. The molecule has 0 saturated heterocycles. The summed E-state index contributed by atoms with van der Waals surface area (Å²) in [5.41, 5.74) is 10.3. The maximum atomic E-state index is 12.6. The van der Waals surface area contributed by atoms with Crippen LogP contribution in [0.25, 0.3) is 89.4 Å². The normalized spacial score (nSPS) is 11.6. The second-order valence-electron chi connectivity index (χ2n) is 12.2. The molecule has 0 bridgehead atoms. The Hall–Kier alpha value is -6.60. The van der Waals surface area contributed by atoms with Crippen LogP contribution in [0.3, 0.4) is 0 Å². The zero-order valence-electron chi connectivity index (χ0n) is 26.8. The zero-order valence-corrected chi connectivity index (χ0v) is 26.8. The number of imidazole rings is 1. The first-order chi connectivity index (χ1) is 24.0. The number of fused-ring (bicyclic) bond motifs is 4. The van der Waals surface area contributed by atoms with Crippen LogP contribution in [0.15, 0.2) is 149 Å². The number of furan rings is 1. The highest BCUT2D eigenvalue weighted by Crippen LogP contribution is 2.34. The van der Waals surface area contributed by atoms with Crippen molar-refractivity contribution in [3.8, 4) is 56.4 Å². The summed E-state index contributed by atoms with van der Waals surface area (Å²) in [5.74, 6) is 1.77. The van der Waals surface area contributed by atoms with Gasteiger partial charge in [-0.25, -0.2) is 19.7 Å². The van der Waals surface area contributed by atoms with Crippen molar-refractivity contribution in [3.63, 3.8) is 0 Å². The maximum Gasteiger partial charge on any atom is 0.328 e. The lowest BCUT2D eigenvalue weighted by atomic mass is 10.0. The summed E-state index contributed by atoms with van der Waals surface area (Å²) in [6.07, 6.45) is 0. The predicted molar refractivity (Wildman–Crippen MR) is 196 cm³/mol. The molecule has 9 rings (SSSR count). The Morgan fingerprint density at radius 1 is 0.429 bits per heavy atom. The van der Waals surface area contributed by atoms with Gasteiger partial charge in [-0.3, -0.25) is 9.13 Å². The summed E-state index contributed by atoms with van der Waals surface area (Å²) < 4.78 is 9.42. The largest absolute Gasteiger partial charge is 0.456 e. The minimum Gasteiger partial charge on any atom is -0.456 e. The fraction of sp³-hybridized carbons (Fsp3) is 0.0476. The van der Waals surface area contributed by atoms with Gasteiger partial charge in [0.25, 0.3) is 0 Å². The van der Waals surface area contributed by atoms with Gasteiger partial charge in [0.1, 0.15) is 11.2 Å². The lowest BCUT2D eigenvalue weighted by molar-refractivity contribution is 0.669. The number of para-hydroxylation sites is 1. The molecule has 0 unspecified atom stereocenters. The van der Waals surface area contributed by atoms with E-state index < -0.39 is 0 Å². The Morgan fingerprint density at radius 2 is 0.939 bits per heavy atom. The van der Waals surface area contributed by atoms with Crippen molar-refractivity contribution in [2.24, 2.45) is 14.1 Å². The molecule has 0 aliphatic carbocycles. The Morgan fingerprint density at radius 3 is 1.65 bits per heavy atom. The summed E-state index contributed by atoms with van der Waals surface area (Å²) in [6, 6.07) is 47.0. The van der Waals surface area contributed by atoms with Crippen molar-refractivity contribution < 1.29 is 4.42 Å². The van der Waals surface area contributed by atoms with E-state index in [1.54, 1.807) is 23.2 Å². The highest BCUT2D eigenvalue weighted by Gasteiger charge is 2.15. The van der Waals surface area contributed by atoms with E-state index in [0.717, 1.165) is 71.9 Å². The second-order valence-corrected chi connectivity index (χ2v) is 12.2. The van der Waals surface area contributed by atoms with Gasteiger partial charge in [0.15, 0.2) is 17.5 Å². The number of nitrogens with zero attached hydrogens (tertiary/aromatic N) is 5. The molecule has 9 aromatic rings. The van der Waals surface area contributed by atoms with E-state index in [4.69, 9.17) is 19.4 Å². The van der Waals surface area contributed by atoms with Gasteiger partial charge in [-0.2, -0.15) is 0 Å². The van der Waals surface area contributed by atoms with Gasteiger partial charge in [-0.15, -0.1) is 0 Å². The SMILES string of the molecule is Cn1c(=O)n(C)c2cc(-c3cccc(-c4nc(-c5ccccc5)nc(-c5cccc(-c6ccc7oc8ccccc8c7c6)c5)n4)c3)ccc21. The first kappa shape index (κ1) is 28.6. The Labute approximate surface area is 281 Å². The quantitative estimate of drug-likeness (QED) is 0.188. The molecule has 0 saturated carbocycles. The molecule has 6 aromatic carbocycles. The molecule has 0 amide bonds. The van der Waals surface area contributed by atoms with Gasteiger partial charge in [-0.1, -0.05) is 97.1 Å². The minimum absolute atomic E-state index is 0.0494. The number of rotatable bonds is 5. The van der Waals surface area contributed by atoms with Crippen molar-refractivity contribution in [2.45, 2.75) is 0 Å². The lowest BCUT2D eigenvalue weighted by Crippen LogP contribution is -2.19. The summed E-state index contributed by atoms with van der Waals surface area (Å²) >= 11 is 0. The average molecular weight is 636 g/mol. The molecule has 0 aliphatic rings. The fourth-order valence-electron chi connectivity index (χ4n) is 6.62. The summed E-state index contributed by atoms with van der Waals surface area (Å²) in [5, 5.41) is 2.18. The summed E-state index contributed by atoms with van der Waals surface area (Å²) in [6.45, 7) is 0. The Balaban J connectivity index is 1.16. The number of hydrogen-bond acceptors (Lipinski definition) is 5. The van der Waals surface area contributed by atoms with Gasteiger partial charge in [0.05, 0.1) is 11.0 Å². The molecular formula is C42H29N5O2. The first-order valence-electron chi connectivity index (χ1n) is 16.1. The number of benzene rings is 6. The van der Waals surface area contributed by atoms with E-state index in [0.29, 0.717) is 17.5 Å².